The Morgan fingerprint density at radius 1 is 1.19 bits per heavy atom. The van der Waals surface area contributed by atoms with Gasteiger partial charge in [0.15, 0.2) is 0 Å². The smallest absolute Gasteiger partial charge is 0.253 e. The van der Waals surface area contributed by atoms with Crippen molar-refractivity contribution in [2.75, 3.05) is 13.1 Å². The van der Waals surface area contributed by atoms with Crippen molar-refractivity contribution in [3.63, 3.8) is 0 Å². The van der Waals surface area contributed by atoms with Crippen LogP contribution in [0.25, 0.3) is 0 Å². The molecule has 174 valence electrons. The van der Waals surface area contributed by atoms with Crippen molar-refractivity contribution in [2.45, 2.75) is 99.0 Å². The first-order chi connectivity index (χ1) is 14.4. The summed E-state index contributed by atoms with van der Waals surface area (Å²) in [6.07, 6.45) is 9.01. The lowest BCUT2D eigenvalue weighted by Crippen LogP contribution is -2.46. The van der Waals surface area contributed by atoms with Gasteiger partial charge in [-0.3, -0.25) is 13.5 Å². The highest BCUT2D eigenvalue weighted by Gasteiger charge is 2.58. The minimum absolute atomic E-state index is 0.0355. The Labute approximate surface area is 192 Å². The molecule has 1 saturated heterocycles. The van der Waals surface area contributed by atoms with Crippen molar-refractivity contribution in [1.29, 1.82) is 0 Å². The molecule has 0 radical (unpaired) electrons. The second-order valence-corrected chi connectivity index (χ2v) is 12.2. The Kier molecular flexibility index (Phi) is 6.90. The van der Waals surface area contributed by atoms with E-state index in [1.807, 2.05) is 11.8 Å². The molecule has 1 saturated carbocycles. The highest BCUT2D eigenvalue weighted by atomic mass is 32.1. The normalized spacial score (nSPS) is 26.6. The number of rotatable bonds is 5. The summed E-state index contributed by atoms with van der Waals surface area (Å²) in [5.41, 5.74) is 0.102. The maximum atomic E-state index is 13.6. The van der Waals surface area contributed by atoms with Gasteiger partial charge in [-0.25, -0.2) is 4.99 Å². The first kappa shape index (κ1) is 24.2. The van der Waals surface area contributed by atoms with Crippen molar-refractivity contribution < 1.29 is 9.59 Å². The number of carbonyl (C=O) groups is 2. The van der Waals surface area contributed by atoms with Crippen LogP contribution in [0.5, 0.6) is 0 Å². The molecule has 0 unspecified atom stereocenters. The van der Waals surface area contributed by atoms with E-state index in [2.05, 4.69) is 51.7 Å². The number of hydrogen-bond donors (Lipinski definition) is 0. The molecular weight excluding hydrogens is 406 g/mol. The topological polar surface area (TPSA) is 54.7 Å². The molecule has 3 rings (SSSR count). The molecule has 1 aromatic rings. The lowest BCUT2D eigenvalue weighted by molar-refractivity contribution is -0.142. The van der Waals surface area contributed by atoms with Gasteiger partial charge in [-0.1, -0.05) is 34.1 Å². The molecule has 0 spiro atoms. The third kappa shape index (κ3) is 4.55. The van der Waals surface area contributed by atoms with Crippen LogP contribution in [-0.4, -0.2) is 33.8 Å². The van der Waals surface area contributed by atoms with Gasteiger partial charge in [-0.2, -0.15) is 0 Å². The fourth-order valence-electron chi connectivity index (χ4n) is 5.03. The molecule has 1 aromatic heterocycles. The first-order valence-corrected chi connectivity index (χ1v) is 12.8. The second kappa shape index (κ2) is 8.84. The molecule has 2 heterocycles. The van der Waals surface area contributed by atoms with Gasteiger partial charge in [0, 0.05) is 36.3 Å². The van der Waals surface area contributed by atoms with Crippen molar-refractivity contribution in [3.8, 4) is 0 Å². The van der Waals surface area contributed by atoms with Crippen LogP contribution in [0.3, 0.4) is 0 Å². The molecule has 2 amide bonds. The van der Waals surface area contributed by atoms with Gasteiger partial charge >= 0.3 is 0 Å². The number of carbonyl (C=O) groups excluding carboxylic acids is 2. The third-order valence-corrected chi connectivity index (χ3v) is 9.19. The van der Waals surface area contributed by atoms with Crippen molar-refractivity contribution in [2.24, 2.45) is 21.7 Å². The lowest BCUT2D eigenvalue weighted by atomic mass is 9.65. The summed E-state index contributed by atoms with van der Waals surface area (Å²) in [7, 11) is 0. The molecule has 2 fully saturated rings. The van der Waals surface area contributed by atoms with Crippen molar-refractivity contribution in [3.05, 3.63) is 16.4 Å². The summed E-state index contributed by atoms with van der Waals surface area (Å²) in [6.45, 7) is 16.7. The van der Waals surface area contributed by atoms with Gasteiger partial charge in [0.2, 0.25) is 5.91 Å². The van der Waals surface area contributed by atoms with Crippen LogP contribution in [-0.2, 0) is 21.5 Å². The van der Waals surface area contributed by atoms with Crippen molar-refractivity contribution in [1.82, 2.24) is 8.86 Å². The van der Waals surface area contributed by atoms with E-state index < -0.39 is 10.8 Å². The highest BCUT2D eigenvalue weighted by molar-refractivity contribution is 7.04. The Hall–Kier alpha value is -1.43. The fourth-order valence-corrected chi connectivity index (χ4v) is 6.06. The Morgan fingerprint density at radius 3 is 2.42 bits per heavy atom. The van der Waals surface area contributed by atoms with E-state index in [1.165, 1.54) is 5.56 Å². The van der Waals surface area contributed by atoms with E-state index in [4.69, 9.17) is 4.99 Å². The minimum atomic E-state index is -0.619. The van der Waals surface area contributed by atoms with E-state index in [1.54, 1.807) is 11.5 Å². The van der Waals surface area contributed by atoms with Gasteiger partial charge in [0.1, 0.15) is 4.67 Å². The number of nitrogens with zero attached hydrogens (tertiary/aromatic N) is 3. The molecular formula is C25H41N3O2S. The number of unbranched alkanes of at least 4 members (excludes halogenated alkanes) is 1. The van der Waals surface area contributed by atoms with E-state index >= 15 is 0 Å². The van der Waals surface area contributed by atoms with E-state index in [0.717, 1.165) is 62.7 Å². The monoisotopic (exact) mass is 447 g/mol. The Bertz CT molecular complexity index is 883. The number of amides is 2. The van der Waals surface area contributed by atoms with E-state index in [0.29, 0.717) is 0 Å². The van der Waals surface area contributed by atoms with Crippen LogP contribution >= 0.6 is 11.5 Å². The lowest BCUT2D eigenvalue weighted by Gasteiger charge is -2.39. The van der Waals surface area contributed by atoms with Gasteiger partial charge in [-0.15, -0.1) is 0 Å². The van der Waals surface area contributed by atoms with Crippen molar-refractivity contribution >= 4 is 23.3 Å². The summed E-state index contributed by atoms with van der Waals surface area (Å²) in [5.74, 6) is 0.0800. The summed E-state index contributed by atoms with van der Waals surface area (Å²) in [5, 5.41) is 0. The summed E-state index contributed by atoms with van der Waals surface area (Å²) in [6, 6.07) is 0. The van der Waals surface area contributed by atoms with Crippen LogP contribution in [0.1, 0.15) is 92.6 Å². The SMILES string of the molecule is CCCCc1cn(C(C)(C)C)s/c1=N\C(=O)[C@@]1(C)CC[C@@H](C(=O)N2CCCC2)C1(C)C. The Morgan fingerprint density at radius 2 is 1.84 bits per heavy atom. The van der Waals surface area contributed by atoms with E-state index in [-0.39, 0.29) is 23.3 Å². The first-order valence-electron chi connectivity index (χ1n) is 12.0. The predicted molar refractivity (Wildman–Crippen MR) is 127 cm³/mol. The third-order valence-electron chi connectivity index (χ3n) is 7.81. The second-order valence-electron chi connectivity index (χ2n) is 11.2. The average molecular weight is 448 g/mol. The molecule has 0 aromatic carbocycles. The van der Waals surface area contributed by atoms with Gasteiger partial charge in [-0.05, 0) is 76.2 Å². The summed E-state index contributed by atoms with van der Waals surface area (Å²) in [4.78, 5) is 33.6. The minimum Gasteiger partial charge on any atom is -0.342 e. The average Bonchev–Trinajstić information content (AvgIpc) is 3.39. The van der Waals surface area contributed by atoms with Gasteiger partial charge in [0.05, 0.1) is 5.41 Å². The van der Waals surface area contributed by atoms with E-state index in [9.17, 15) is 9.59 Å². The molecule has 5 nitrogen and oxygen atoms in total. The predicted octanol–water partition coefficient (Wildman–Crippen LogP) is 5.14. The molecule has 0 N–H and O–H groups in total. The molecule has 1 aliphatic carbocycles. The molecule has 31 heavy (non-hydrogen) atoms. The maximum absolute atomic E-state index is 13.6. The quantitative estimate of drug-likeness (QED) is 0.627. The van der Waals surface area contributed by atoms with Crippen LogP contribution in [0.4, 0.5) is 0 Å². The van der Waals surface area contributed by atoms with Crippen LogP contribution < -0.4 is 4.67 Å². The molecule has 2 atom stereocenters. The van der Waals surface area contributed by atoms with Crippen LogP contribution in [0.2, 0.25) is 0 Å². The van der Waals surface area contributed by atoms with Crippen LogP contribution in [0.15, 0.2) is 11.2 Å². The maximum Gasteiger partial charge on any atom is 0.253 e. The molecule has 6 heteroatoms. The molecule has 0 bridgehead atoms. The largest absolute Gasteiger partial charge is 0.342 e. The molecule has 1 aliphatic heterocycles. The van der Waals surface area contributed by atoms with Crippen LogP contribution in [0, 0.1) is 16.7 Å². The van der Waals surface area contributed by atoms with Gasteiger partial charge < -0.3 is 4.90 Å². The zero-order valence-corrected chi connectivity index (χ0v) is 21.4. The number of hydrogen-bond acceptors (Lipinski definition) is 3. The van der Waals surface area contributed by atoms with Gasteiger partial charge in [0.25, 0.3) is 5.91 Å². The zero-order chi connectivity index (χ0) is 23.0. The fraction of sp³-hybridized carbons (Fsp3) is 0.800. The number of aryl methyl sites for hydroxylation is 1. The zero-order valence-electron chi connectivity index (χ0n) is 20.6. The highest BCUT2D eigenvalue weighted by Crippen LogP contribution is 2.57. The Balaban J connectivity index is 1.92. The number of likely N-dealkylation sites (tertiary alicyclic amines) is 1. The number of aromatic nitrogens is 1. The summed E-state index contributed by atoms with van der Waals surface area (Å²) >= 11 is 1.58. The summed E-state index contributed by atoms with van der Waals surface area (Å²) < 4.78 is 3.06. The molecule has 2 aliphatic rings. The standard InChI is InChI=1S/C25H41N3O2S/c1-8-9-12-18-17-28(23(2,3)4)31-20(18)26-22(30)25(7)14-13-19(24(25,5)6)21(29)27-15-10-11-16-27/h17,19H,8-16H2,1-7H3/b26-20-/t19-,25+/m0/s1.